The van der Waals surface area contributed by atoms with E-state index < -0.39 is 48.7 Å². The monoisotopic (exact) mass is 297 g/mol. The van der Waals surface area contributed by atoms with Crippen molar-refractivity contribution < 1.29 is 34.0 Å². The van der Waals surface area contributed by atoms with Crippen LogP contribution in [-0.4, -0.2) is 58.2 Å². The second-order valence-corrected chi connectivity index (χ2v) is 4.89. The summed E-state index contributed by atoms with van der Waals surface area (Å²) in [6.07, 6.45) is -5.39. The Morgan fingerprint density at radius 3 is 2.57 bits per heavy atom. The van der Waals surface area contributed by atoms with Crippen molar-refractivity contribution >= 4 is 17.4 Å². The van der Waals surface area contributed by atoms with Crippen molar-refractivity contribution in [1.29, 1.82) is 0 Å². The molecule has 112 valence electrons. The van der Waals surface area contributed by atoms with E-state index in [0.29, 0.717) is 0 Å². The third-order valence-electron chi connectivity index (χ3n) is 3.65. The number of ether oxygens (including phenoxy) is 1. The quantitative estimate of drug-likeness (QED) is 0.592. The number of hydrogen-bond donors (Lipinski definition) is 3. The van der Waals surface area contributed by atoms with E-state index in [9.17, 15) is 24.2 Å². The van der Waals surface area contributed by atoms with E-state index in [1.165, 1.54) is 6.07 Å². The van der Waals surface area contributed by atoms with Crippen LogP contribution >= 0.6 is 0 Å². The number of halogens is 1. The molecule has 0 saturated carbocycles. The Kier molecular flexibility index (Phi) is 3.25. The van der Waals surface area contributed by atoms with Crippen LogP contribution in [0.2, 0.25) is 0 Å². The largest absolute Gasteiger partial charge is 0.394 e. The van der Waals surface area contributed by atoms with Gasteiger partial charge in [-0.25, -0.2) is 4.39 Å². The topological polar surface area (TPSA) is 107 Å². The second-order valence-electron chi connectivity index (χ2n) is 4.89. The Balaban J connectivity index is 2.02. The van der Waals surface area contributed by atoms with E-state index in [0.717, 1.165) is 17.0 Å². The molecule has 1 fully saturated rings. The molecule has 1 aromatic rings. The second kappa shape index (κ2) is 4.85. The fraction of sp³-hybridized carbons (Fsp3) is 0.385. The highest BCUT2D eigenvalue weighted by Crippen LogP contribution is 2.35. The standard InChI is InChI=1S/C13H12FNO6/c14-5-1-2-6-7(3-5)15(12(20)9(6)17)13-11(19)10(18)8(4-16)21-13/h1-3,8,10-11,13,16,18-19H,4H2/t8-,10-,11-,13-/m1/s1. The number of hydrogen-bond acceptors (Lipinski definition) is 6. The van der Waals surface area contributed by atoms with E-state index >= 15 is 0 Å². The van der Waals surface area contributed by atoms with E-state index in [4.69, 9.17) is 9.84 Å². The molecular formula is C13H12FNO6. The molecule has 21 heavy (non-hydrogen) atoms. The predicted molar refractivity (Wildman–Crippen MR) is 66.0 cm³/mol. The summed E-state index contributed by atoms with van der Waals surface area (Å²) in [5.41, 5.74) is -0.0287. The van der Waals surface area contributed by atoms with Gasteiger partial charge in [0.1, 0.15) is 24.1 Å². The molecule has 8 heteroatoms. The molecule has 0 radical (unpaired) electrons. The van der Waals surface area contributed by atoms with Crippen molar-refractivity contribution in [3.05, 3.63) is 29.6 Å². The van der Waals surface area contributed by atoms with E-state index in [-0.39, 0.29) is 11.3 Å². The molecule has 3 rings (SSSR count). The highest BCUT2D eigenvalue weighted by atomic mass is 19.1. The number of anilines is 1. The molecule has 7 nitrogen and oxygen atoms in total. The lowest BCUT2D eigenvalue weighted by Gasteiger charge is -2.26. The summed E-state index contributed by atoms with van der Waals surface area (Å²) in [5.74, 6) is -2.49. The van der Waals surface area contributed by atoms with Gasteiger partial charge in [0.15, 0.2) is 6.23 Å². The van der Waals surface area contributed by atoms with E-state index in [1.807, 2.05) is 0 Å². The van der Waals surface area contributed by atoms with Gasteiger partial charge in [0.2, 0.25) is 0 Å². The SMILES string of the molecule is O=C1C(=O)N([C@@H]2O[C@H](CO)[C@@H](O)[C@H]2O)c2cc(F)ccc21. The first kappa shape index (κ1) is 14.1. The van der Waals surface area contributed by atoms with Gasteiger partial charge in [-0.1, -0.05) is 0 Å². The Morgan fingerprint density at radius 1 is 1.24 bits per heavy atom. The molecule has 0 aliphatic carbocycles. The maximum absolute atomic E-state index is 13.4. The fourth-order valence-corrected chi connectivity index (χ4v) is 2.58. The first-order valence-corrected chi connectivity index (χ1v) is 6.25. The van der Waals surface area contributed by atoms with Gasteiger partial charge in [-0.2, -0.15) is 0 Å². The highest BCUT2D eigenvalue weighted by Gasteiger charge is 2.51. The summed E-state index contributed by atoms with van der Waals surface area (Å²) in [6, 6.07) is 3.20. The zero-order valence-corrected chi connectivity index (χ0v) is 10.6. The van der Waals surface area contributed by atoms with E-state index in [1.54, 1.807) is 0 Å². The number of carbonyl (C=O) groups is 2. The molecule has 2 aliphatic rings. The van der Waals surface area contributed by atoms with Gasteiger partial charge in [0, 0.05) is 0 Å². The Hall–Kier alpha value is -1.87. The van der Waals surface area contributed by atoms with Crippen molar-refractivity contribution in [2.24, 2.45) is 0 Å². The number of nitrogens with zero attached hydrogens (tertiary/aromatic N) is 1. The average molecular weight is 297 g/mol. The molecule has 4 atom stereocenters. The number of amides is 1. The summed E-state index contributed by atoms with van der Waals surface area (Å²) in [7, 11) is 0. The van der Waals surface area contributed by atoms with Crippen molar-refractivity contribution in [3.8, 4) is 0 Å². The molecule has 0 bridgehead atoms. The van der Waals surface area contributed by atoms with Gasteiger partial charge in [0.05, 0.1) is 17.9 Å². The average Bonchev–Trinajstić information content (AvgIpc) is 2.87. The van der Waals surface area contributed by atoms with Crippen LogP contribution in [0.3, 0.4) is 0 Å². The van der Waals surface area contributed by atoms with Crippen LogP contribution in [0, 0.1) is 5.82 Å². The summed E-state index contributed by atoms with van der Waals surface area (Å²) >= 11 is 0. The van der Waals surface area contributed by atoms with Crippen LogP contribution in [0.1, 0.15) is 10.4 Å². The third-order valence-corrected chi connectivity index (χ3v) is 3.65. The molecule has 3 N–H and O–H groups in total. The molecule has 1 saturated heterocycles. The summed E-state index contributed by atoms with van der Waals surface area (Å²) in [6.45, 7) is -0.569. The van der Waals surface area contributed by atoms with Gasteiger partial charge >= 0.3 is 5.91 Å². The molecule has 0 aromatic heterocycles. The molecular weight excluding hydrogens is 285 g/mol. The summed E-state index contributed by atoms with van der Waals surface area (Å²) in [5, 5.41) is 28.7. The van der Waals surface area contributed by atoms with Crippen LogP contribution in [0.25, 0.3) is 0 Å². The number of carbonyl (C=O) groups excluding carboxylic acids is 2. The lowest BCUT2D eigenvalue weighted by atomic mass is 10.1. The lowest BCUT2D eigenvalue weighted by Crippen LogP contribution is -2.47. The Bertz CT molecular complexity index is 621. The first-order chi connectivity index (χ1) is 9.95. The van der Waals surface area contributed by atoms with Crippen LogP contribution in [0.4, 0.5) is 10.1 Å². The van der Waals surface area contributed by atoms with Crippen molar-refractivity contribution in [2.75, 3.05) is 11.5 Å². The van der Waals surface area contributed by atoms with Crippen molar-refractivity contribution in [1.82, 2.24) is 0 Å². The normalized spacial score (nSPS) is 31.9. The van der Waals surface area contributed by atoms with Crippen molar-refractivity contribution in [2.45, 2.75) is 24.5 Å². The summed E-state index contributed by atoms with van der Waals surface area (Å²) in [4.78, 5) is 24.7. The highest BCUT2D eigenvalue weighted by molar-refractivity contribution is 6.52. The van der Waals surface area contributed by atoms with Gasteiger partial charge in [-0.05, 0) is 18.2 Å². The third kappa shape index (κ3) is 1.95. The number of aliphatic hydroxyl groups excluding tert-OH is 3. The van der Waals surface area contributed by atoms with Crippen molar-refractivity contribution in [3.63, 3.8) is 0 Å². The maximum atomic E-state index is 13.4. The van der Waals surface area contributed by atoms with Gasteiger partial charge in [-0.15, -0.1) is 0 Å². The van der Waals surface area contributed by atoms with Crippen LogP contribution < -0.4 is 4.90 Å². The number of rotatable bonds is 2. The van der Waals surface area contributed by atoms with Gasteiger partial charge in [0.25, 0.3) is 5.78 Å². The Morgan fingerprint density at radius 2 is 1.95 bits per heavy atom. The number of aliphatic hydroxyl groups is 3. The number of fused-ring (bicyclic) bond motifs is 1. The molecule has 1 aromatic carbocycles. The molecule has 1 amide bonds. The summed E-state index contributed by atoms with van der Waals surface area (Å²) < 4.78 is 18.6. The minimum atomic E-state index is -1.52. The number of Topliss-reactive ketones (excluding diaryl/α,β-unsaturated/α-hetero) is 1. The number of benzene rings is 1. The zero-order chi connectivity index (χ0) is 15.3. The fourth-order valence-electron chi connectivity index (χ4n) is 2.58. The zero-order valence-electron chi connectivity index (χ0n) is 10.6. The van der Waals surface area contributed by atoms with Gasteiger partial charge in [-0.3, -0.25) is 14.5 Å². The molecule has 0 spiro atoms. The predicted octanol–water partition coefficient (Wildman–Crippen LogP) is -1.21. The molecule has 0 unspecified atom stereocenters. The van der Waals surface area contributed by atoms with Crippen LogP contribution in [0.5, 0.6) is 0 Å². The smallest absolute Gasteiger partial charge is 0.301 e. The van der Waals surface area contributed by atoms with Crippen LogP contribution in [-0.2, 0) is 9.53 Å². The maximum Gasteiger partial charge on any atom is 0.301 e. The first-order valence-electron chi connectivity index (χ1n) is 6.25. The van der Waals surface area contributed by atoms with Crippen LogP contribution in [0.15, 0.2) is 18.2 Å². The lowest BCUT2D eigenvalue weighted by molar-refractivity contribution is -0.118. The van der Waals surface area contributed by atoms with Gasteiger partial charge < -0.3 is 20.1 Å². The van der Waals surface area contributed by atoms with E-state index in [2.05, 4.69) is 0 Å². The minimum absolute atomic E-state index is 0.000798. The Labute approximate surface area is 118 Å². The molecule has 2 heterocycles. The minimum Gasteiger partial charge on any atom is -0.394 e. The number of ketones is 1. The molecule has 2 aliphatic heterocycles.